The van der Waals surface area contributed by atoms with E-state index in [-0.39, 0.29) is 17.5 Å². The molecular weight excluding hydrogens is 554 g/mol. The Morgan fingerprint density at radius 3 is 1.93 bits per heavy atom. The molecule has 0 saturated heterocycles. The summed E-state index contributed by atoms with van der Waals surface area (Å²) < 4.78 is 23.9. The number of allylic oxidation sites excluding steroid dienone is 4. The molecule has 0 fully saturated rings. The van der Waals surface area contributed by atoms with Gasteiger partial charge in [0.2, 0.25) is 0 Å². The first kappa shape index (κ1) is 29.5. The van der Waals surface area contributed by atoms with E-state index >= 15 is 0 Å². The molecule has 6 rings (SSSR count). The van der Waals surface area contributed by atoms with Crippen molar-refractivity contribution in [3.05, 3.63) is 106 Å². The van der Waals surface area contributed by atoms with Crippen LogP contribution >= 0.6 is 0 Å². The zero-order chi connectivity index (χ0) is 30.6. The number of carbonyl (C=O) groups is 2. The average molecular weight is 594 g/mol. The average Bonchev–Trinajstić information content (AvgIpc) is 3.05. The minimum absolute atomic E-state index is 0.136. The van der Waals surface area contributed by atoms with Gasteiger partial charge >= 0.3 is 0 Å². The third kappa shape index (κ3) is 5.83. The molecule has 0 aromatic heterocycles. The Morgan fingerprint density at radius 1 is 0.682 bits per heavy atom. The van der Waals surface area contributed by atoms with Crippen molar-refractivity contribution in [3.63, 3.8) is 0 Å². The highest BCUT2D eigenvalue weighted by Gasteiger charge is 2.42. The highest BCUT2D eigenvalue weighted by atomic mass is 16.5. The van der Waals surface area contributed by atoms with Gasteiger partial charge in [0.25, 0.3) is 0 Å². The first-order valence-electron chi connectivity index (χ1n) is 15.5. The smallest absolute Gasteiger partial charge is 0.161 e. The monoisotopic (exact) mass is 593 g/mol. The van der Waals surface area contributed by atoms with Gasteiger partial charge in [0.05, 0.1) is 13.7 Å². The summed E-state index contributed by atoms with van der Waals surface area (Å²) in [6.07, 6.45) is 4.40. The lowest BCUT2D eigenvalue weighted by molar-refractivity contribution is -0.117. The highest BCUT2D eigenvalue weighted by Crippen LogP contribution is 2.49. The van der Waals surface area contributed by atoms with Gasteiger partial charge in [-0.05, 0) is 73.6 Å². The predicted molar refractivity (Wildman–Crippen MR) is 168 cm³/mol. The summed E-state index contributed by atoms with van der Waals surface area (Å²) >= 11 is 0. The predicted octanol–water partition coefficient (Wildman–Crippen LogP) is 7.30. The molecule has 3 aliphatic rings. The number of benzene rings is 3. The molecule has 0 atom stereocenters. The van der Waals surface area contributed by atoms with Gasteiger partial charge in [-0.25, -0.2) is 0 Å². The summed E-state index contributed by atoms with van der Waals surface area (Å²) in [5.41, 5.74) is 6.54. The minimum Gasteiger partial charge on any atom is -0.493 e. The molecular formula is C37H39NO6. The number of Topliss-reactive ketones (excluding diaryl/α,β-unsaturated/α-hetero) is 2. The number of rotatable bonds is 10. The quantitative estimate of drug-likeness (QED) is 0.244. The van der Waals surface area contributed by atoms with Crippen molar-refractivity contribution in [2.75, 3.05) is 20.8 Å². The third-order valence-electron chi connectivity index (χ3n) is 8.71. The van der Waals surface area contributed by atoms with Crippen LogP contribution in [0.15, 0.2) is 89.3 Å². The molecule has 0 N–H and O–H groups in total. The van der Waals surface area contributed by atoms with Crippen molar-refractivity contribution in [1.82, 2.24) is 4.90 Å². The third-order valence-corrected chi connectivity index (χ3v) is 8.71. The van der Waals surface area contributed by atoms with Crippen molar-refractivity contribution >= 4 is 11.6 Å². The van der Waals surface area contributed by atoms with Gasteiger partial charge in [-0.2, -0.15) is 0 Å². The largest absolute Gasteiger partial charge is 0.493 e. The van der Waals surface area contributed by atoms with Gasteiger partial charge in [0.15, 0.2) is 34.6 Å². The van der Waals surface area contributed by atoms with E-state index in [1.54, 1.807) is 7.11 Å². The molecule has 1 aliphatic heterocycles. The van der Waals surface area contributed by atoms with Crippen LogP contribution in [0.1, 0.15) is 68.1 Å². The molecule has 1 heterocycles. The molecule has 7 heteroatoms. The second-order valence-corrected chi connectivity index (χ2v) is 11.5. The summed E-state index contributed by atoms with van der Waals surface area (Å²) in [7, 11) is 3.64. The van der Waals surface area contributed by atoms with E-state index in [2.05, 4.69) is 4.90 Å². The van der Waals surface area contributed by atoms with E-state index in [0.29, 0.717) is 55.7 Å². The van der Waals surface area contributed by atoms with Gasteiger partial charge in [0.1, 0.15) is 13.2 Å². The zero-order valence-electron chi connectivity index (χ0n) is 25.7. The van der Waals surface area contributed by atoms with Crippen LogP contribution in [0, 0.1) is 0 Å². The van der Waals surface area contributed by atoms with Crippen LogP contribution in [-0.2, 0) is 22.8 Å². The fourth-order valence-electron chi connectivity index (χ4n) is 6.60. The summed E-state index contributed by atoms with van der Waals surface area (Å²) in [5, 5.41) is 0. The number of carbonyl (C=O) groups excluding carboxylic acids is 2. The van der Waals surface area contributed by atoms with Gasteiger partial charge in [-0.3, -0.25) is 9.59 Å². The Balaban J connectivity index is 1.26. The second kappa shape index (κ2) is 13.0. The minimum atomic E-state index is -0.377. The van der Waals surface area contributed by atoms with Crippen LogP contribution < -0.4 is 18.9 Å². The molecule has 7 nitrogen and oxygen atoms in total. The standard InChI is InChI=1S/C37H39NO6/c1-4-42-34-21-26(35-36-27(12-8-14-29(36)39)38(2)28-13-9-15-30(40)37(28)35)17-19-32(34)44-23-25-16-18-31(33(20-25)41-3)43-22-24-10-6-5-7-11-24/h5-7,10-11,16-21,35H,4,8-9,12-15,22-23H2,1-3H3. The number of hydrogen-bond acceptors (Lipinski definition) is 7. The van der Waals surface area contributed by atoms with Crippen LogP contribution in [0.5, 0.6) is 23.0 Å². The van der Waals surface area contributed by atoms with Crippen LogP contribution in [-0.4, -0.2) is 37.2 Å². The Labute approximate surface area is 259 Å². The van der Waals surface area contributed by atoms with Crippen LogP contribution in [0.3, 0.4) is 0 Å². The van der Waals surface area contributed by atoms with Crippen LogP contribution in [0.2, 0.25) is 0 Å². The zero-order valence-corrected chi connectivity index (χ0v) is 25.7. The SMILES string of the molecule is CCOc1cc(C2C3=C(CCCC3=O)N(C)C3=C2C(=O)CCC3)ccc1OCc1ccc(OCc2ccccc2)c(OC)c1. The fraction of sp³-hybridized carbons (Fsp3) is 0.351. The summed E-state index contributed by atoms with van der Waals surface area (Å²) in [5.74, 6) is 2.38. The molecule has 44 heavy (non-hydrogen) atoms. The van der Waals surface area contributed by atoms with Crippen molar-refractivity contribution in [3.8, 4) is 23.0 Å². The van der Waals surface area contributed by atoms with Gasteiger partial charge < -0.3 is 23.8 Å². The van der Waals surface area contributed by atoms with Crippen molar-refractivity contribution < 1.29 is 28.5 Å². The molecule has 0 radical (unpaired) electrons. The number of ketones is 2. The van der Waals surface area contributed by atoms with E-state index in [1.807, 2.05) is 80.7 Å². The lowest BCUT2D eigenvalue weighted by Gasteiger charge is -2.42. The molecule has 0 spiro atoms. The maximum Gasteiger partial charge on any atom is 0.161 e. The van der Waals surface area contributed by atoms with Crippen molar-refractivity contribution in [2.45, 2.75) is 64.6 Å². The Bertz CT molecular complexity index is 1580. The fourth-order valence-corrected chi connectivity index (χ4v) is 6.60. The number of methoxy groups -OCH3 is 1. The second-order valence-electron chi connectivity index (χ2n) is 11.5. The molecule has 3 aromatic carbocycles. The Hall–Kier alpha value is -4.52. The molecule has 228 valence electrons. The van der Waals surface area contributed by atoms with E-state index in [9.17, 15) is 9.59 Å². The van der Waals surface area contributed by atoms with Gasteiger partial charge in [0, 0.05) is 48.3 Å². The summed E-state index contributed by atoms with van der Waals surface area (Å²) in [6.45, 7) is 3.13. The number of ether oxygens (including phenoxy) is 4. The molecule has 0 unspecified atom stereocenters. The molecule has 2 aliphatic carbocycles. The molecule has 0 saturated carbocycles. The lowest BCUT2D eigenvalue weighted by Crippen LogP contribution is -2.37. The molecule has 0 bridgehead atoms. The lowest BCUT2D eigenvalue weighted by atomic mass is 9.71. The van der Waals surface area contributed by atoms with E-state index in [4.69, 9.17) is 18.9 Å². The Kier molecular flexibility index (Phi) is 8.73. The summed E-state index contributed by atoms with van der Waals surface area (Å²) in [4.78, 5) is 28.9. The van der Waals surface area contributed by atoms with E-state index in [1.165, 1.54) is 0 Å². The molecule has 0 amide bonds. The van der Waals surface area contributed by atoms with Gasteiger partial charge in [-0.15, -0.1) is 0 Å². The topological polar surface area (TPSA) is 74.3 Å². The number of hydrogen-bond donors (Lipinski definition) is 0. The van der Waals surface area contributed by atoms with E-state index in [0.717, 1.165) is 64.9 Å². The Morgan fingerprint density at radius 2 is 1.30 bits per heavy atom. The maximum atomic E-state index is 13.4. The maximum absolute atomic E-state index is 13.4. The van der Waals surface area contributed by atoms with Crippen LogP contribution in [0.4, 0.5) is 0 Å². The normalized spacial score (nSPS) is 16.9. The van der Waals surface area contributed by atoms with Crippen molar-refractivity contribution in [2.24, 2.45) is 0 Å². The molecule has 3 aromatic rings. The van der Waals surface area contributed by atoms with E-state index < -0.39 is 0 Å². The van der Waals surface area contributed by atoms with Gasteiger partial charge in [-0.1, -0.05) is 42.5 Å². The summed E-state index contributed by atoms with van der Waals surface area (Å²) in [6, 6.07) is 21.6. The first-order valence-corrected chi connectivity index (χ1v) is 15.5. The number of nitrogens with zero attached hydrogens (tertiary/aromatic N) is 1. The van der Waals surface area contributed by atoms with Crippen LogP contribution in [0.25, 0.3) is 0 Å². The van der Waals surface area contributed by atoms with Crippen molar-refractivity contribution in [1.29, 1.82) is 0 Å². The highest BCUT2D eigenvalue weighted by molar-refractivity contribution is 6.06. The first-order chi connectivity index (χ1) is 21.5.